The molecule has 4 heterocycles. The van der Waals surface area contributed by atoms with Crippen LogP contribution in [0.15, 0.2) is 48.2 Å². The van der Waals surface area contributed by atoms with Crippen molar-refractivity contribution in [1.29, 1.82) is 0 Å². The van der Waals surface area contributed by atoms with Gasteiger partial charge in [-0.15, -0.1) is 0 Å². The molecule has 1 aliphatic heterocycles. The van der Waals surface area contributed by atoms with E-state index in [1.54, 1.807) is 15.7 Å². The first-order valence-electron chi connectivity index (χ1n) is 11.3. The van der Waals surface area contributed by atoms with Crippen LogP contribution in [-0.4, -0.2) is 67.2 Å². The van der Waals surface area contributed by atoms with Crippen LogP contribution in [0.1, 0.15) is 23.0 Å². The van der Waals surface area contributed by atoms with Crippen LogP contribution in [0.4, 0.5) is 5.82 Å². The summed E-state index contributed by atoms with van der Waals surface area (Å²) in [7, 11) is 0. The van der Waals surface area contributed by atoms with Crippen molar-refractivity contribution in [2.75, 3.05) is 31.1 Å². The Morgan fingerprint density at radius 2 is 1.80 bits per heavy atom. The van der Waals surface area contributed by atoms with Crippen molar-refractivity contribution in [2.45, 2.75) is 20.8 Å². The van der Waals surface area contributed by atoms with Gasteiger partial charge in [0.05, 0.1) is 22.8 Å². The molecule has 0 atom stereocenters. The number of amides is 1. The highest BCUT2D eigenvalue weighted by atomic mass is 16.2. The van der Waals surface area contributed by atoms with Gasteiger partial charge >= 0.3 is 0 Å². The number of benzene rings is 1. The second kappa shape index (κ2) is 8.46. The number of anilines is 1. The number of carbonyl (C=O) groups is 2. The second-order valence-electron chi connectivity index (χ2n) is 8.64. The Morgan fingerprint density at radius 3 is 2.49 bits per heavy atom. The maximum Gasteiger partial charge on any atom is 0.282 e. The van der Waals surface area contributed by atoms with E-state index in [2.05, 4.69) is 26.5 Å². The van der Waals surface area contributed by atoms with Gasteiger partial charge in [-0.3, -0.25) is 19.0 Å². The number of aryl methyl sites for hydroxylation is 2. The van der Waals surface area contributed by atoms with E-state index in [-0.39, 0.29) is 17.4 Å². The molecule has 0 bridgehead atoms. The summed E-state index contributed by atoms with van der Waals surface area (Å²) >= 11 is 0. The minimum absolute atomic E-state index is 0.0893. The molecule has 5 rings (SSSR count). The molecule has 10 heteroatoms. The predicted molar refractivity (Wildman–Crippen MR) is 133 cm³/mol. The highest BCUT2D eigenvalue weighted by molar-refractivity contribution is 5.96. The quantitative estimate of drug-likeness (QED) is 0.422. The van der Waals surface area contributed by atoms with Crippen molar-refractivity contribution in [3.8, 4) is 5.69 Å². The van der Waals surface area contributed by atoms with Gasteiger partial charge in [-0.1, -0.05) is 12.6 Å². The molecule has 10 nitrogen and oxygen atoms in total. The molecule has 0 spiro atoms. The van der Waals surface area contributed by atoms with Crippen LogP contribution in [0.25, 0.3) is 27.5 Å². The van der Waals surface area contributed by atoms with Crippen LogP contribution in [0, 0.1) is 13.8 Å². The third kappa shape index (κ3) is 3.58. The molecule has 1 amide bonds. The Morgan fingerprint density at radius 1 is 1.06 bits per heavy atom. The van der Waals surface area contributed by atoms with Crippen LogP contribution in [0.2, 0.25) is 0 Å². The normalized spacial score (nSPS) is 14.0. The van der Waals surface area contributed by atoms with E-state index in [0.29, 0.717) is 65.2 Å². The molecule has 0 unspecified atom stereocenters. The molecule has 1 saturated heterocycles. The highest BCUT2D eigenvalue weighted by Crippen LogP contribution is 2.29. The molecule has 4 aromatic rings. The Labute approximate surface area is 201 Å². The molecule has 35 heavy (non-hydrogen) atoms. The predicted octanol–water partition coefficient (Wildman–Crippen LogP) is 2.24. The van der Waals surface area contributed by atoms with Gasteiger partial charge in [0.15, 0.2) is 0 Å². The fraction of sp³-hybridized carbons (Fsp3) is 0.280. The first kappa shape index (κ1) is 22.5. The number of aromatic nitrogens is 5. The average Bonchev–Trinajstić information content (AvgIpc) is 3.29. The van der Waals surface area contributed by atoms with E-state index in [9.17, 15) is 14.4 Å². The highest BCUT2D eigenvalue weighted by Gasteiger charge is 2.24. The molecule has 1 fully saturated rings. The Balaban J connectivity index is 1.65. The molecule has 1 aliphatic rings. The summed E-state index contributed by atoms with van der Waals surface area (Å²) < 4.78 is 2.96. The maximum atomic E-state index is 13.8. The Kier molecular flexibility index (Phi) is 5.43. The summed E-state index contributed by atoms with van der Waals surface area (Å²) in [6, 6.07) is 5.63. The van der Waals surface area contributed by atoms with Crippen molar-refractivity contribution < 1.29 is 9.59 Å². The number of hydrogen-bond donors (Lipinski definition) is 0. The summed E-state index contributed by atoms with van der Waals surface area (Å²) in [4.78, 5) is 50.4. The number of fused-ring (bicyclic) bond motifs is 2. The lowest BCUT2D eigenvalue weighted by atomic mass is 10.1. The smallest absolute Gasteiger partial charge is 0.282 e. The Hall–Kier alpha value is -4.34. The summed E-state index contributed by atoms with van der Waals surface area (Å²) in [5, 5.41) is 5.60. The molecule has 1 aromatic carbocycles. The number of piperazine rings is 1. The molecule has 0 radical (unpaired) electrons. The van der Waals surface area contributed by atoms with E-state index in [0.717, 1.165) is 5.56 Å². The van der Waals surface area contributed by atoms with Crippen molar-refractivity contribution in [3.05, 3.63) is 65.0 Å². The minimum atomic E-state index is -0.268. The molecule has 178 valence electrons. The Bertz CT molecular complexity index is 1580. The molecule has 0 aliphatic carbocycles. The second-order valence-corrected chi connectivity index (χ2v) is 8.64. The number of pyridine rings is 1. The number of nitrogens with zero attached hydrogens (tertiary/aromatic N) is 7. The first-order valence-corrected chi connectivity index (χ1v) is 11.3. The number of hydrogen-bond acceptors (Lipinski definition) is 7. The summed E-state index contributed by atoms with van der Waals surface area (Å²) in [5.41, 5.74) is 2.94. The van der Waals surface area contributed by atoms with Crippen LogP contribution < -0.4 is 10.5 Å². The van der Waals surface area contributed by atoms with Gasteiger partial charge in [0, 0.05) is 44.2 Å². The molecule has 0 saturated carbocycles. The number of rotatable bonds is 3. The van der Waals surface area contributed by atoms with Gasteiger partial charge in [-0.2, -0.15) is 5.10 Å². The monoisotopic (exact) mass is 471 g/mol. The van der Waals surface area contributed by atoms with E-state index in [1.807, 2.05) is 32.0 Å². The topological polar surface area (TPSA) is 106 Å². The van der Waals surface area contributed by atoms with Gasteiger partial charge in [-0.25, -0.2) is 14.6 Å². The summed E-state index contributed by atoms with van der Waals surface area (Å²) in [6.07, 6.45) is 4.34. The lowest BCUT2D eigenvalue weighted by molar-refractivity contribution is -0.126. The maximum absolute atomic E-state index is 13.8. The van der Waals surface area contributed by atoms with E-state index in [1.165, 1.54) is 24.0 Å². The molecular formula is C25H25N7O3. The number of carbonyl (C=O) groups excluding carboxylic acids is 2. The standard InChI is InChI=1S/C25H25N7O3/c1-5-21(34)29-8-10-30(11-9-29)24-18-12-16(3)31(25(35)22(18)26-14-27-24)23-15(2)6-7-20-19(23)13-28-32(20)17(4)33/h5-7,12-14H,1,8-11H2,2-4H3. The fourth-order valence-corrected chi connectivity index (χ4v) is 4.77. The minimum Gasteiger partial charge on any atom is -0.352 e. The van der Waals surface area contributed by atoms with Gasteiger partial charge in [-0.05, 0) is 37.6 Å². The fourth-order valence-electron chi connectivity index (χ4n) is 4.77. The first-order chi connectivity index (χ1) is 16.8. The van der Waals surface area contributed by atoms with Crippen molar-refractivity contribution in [2.24, 2.45) is 0 Å². The van der Waals surface area contributed by atoms with Crippen LogP contribution in [0.5, 0.6) is 0 Å². The molecular weight excluding hydrogens is 446 g/mol. The summed E-state index contributed by atoms with van der Waals surface area (Å²) in [5.74, 6) is 0.380. The van der Waals surface area contributed by atoms with Gasteiger partial charge in [0.25, 0.3) is 5.56 Å². The third-order valence-electron chi connectivity index (χ3n) is 6.49. The zero-order chi connectivity index (χ0) is 24.9. The van der Waals surface area contributed by atoms with E-state index >= 15 is 0 Å². The van der Waals surface area contributed by atoms with Crippen LogP contribution in [0.3, 0.4) is 0 Å². The zero-order valence-corrected chi connectivity index (χ0v) is 19.9. The van der Waals surface area contributed by atoms with E-state index < -0.39 is 0 Å². The third-order valence-corrected chi connectivity index (χ3v) is 6.49. The molecule has 0 N–H and O–H groups in total. The van der Waals surface area contributed by atoms with E-state index in [4.69, 9.17) is 0 Å². The summed E-state index contributed by atoms with van der Waals surface area (Å²) in [6.45, 7) is 11.1. The van der Waals surface area contributed by atoms with Gasteiger partial charge in [0.1, 0.15) is 17.7 Å². The lowest BCUT2D eigenvalue weighted by Gasteiger charge is -2.35. The lowest BCUT2D eigenvalue weighted by Crippen LogP contribution is -2.48. The van der Waals surface area contributed by atoms with Crippen molar-refractivity contribution >= 4 is 39.4 Å². The van der Waals surface area contributed by atoms with Crippen LogP contribution in [-0.2, 0) is 4.79 Å². The van der Waals surface area contributed by atoms with Crippen LogP contribution >= 0.6 is 0 Å². The SMILES string of the molecule is C=CC(=O)N1CCN(c2ncnc3c(=O)n(-c4c(C)ccc5c4cnn5C(C)=O)c(C)cc23)CC1. The van der Waals surface area contributed by atoms with Crippen molar-refractivity contribution in [1.82, 2.24) is 29.2 Å². The van der Waals surface area contributed by atoms with Gasteiger partial charge in [0.2, 0.25) is 11.8 Å². The average molecular weight is 472 g/mol. The van der Waals surface area contributed by atoms with Gasteiger partial charge < -0.3 is 9.80 Å². The van der Waals surface area contributed by atoms with Crippen molar-refractivity contribution in [3.63, 3.8) is 0 Å². The zero-order valence-electron chi connectivity index (χ0n) is 19.9. The molecule has 3 aromatic heterocycles. The largest absolute Gasteiger partial charge is 0.352 e.